The van der Waals surface area contributed by atoms with E-state index in [0.29, 0.717) is 24.4 Å². The van der Waals surface area contributed by atoms with Crippen molar-refractivity contribution in [1.82, 2.24) is 5.32 Å². The van der Waals surface area contributed by atoms with Crippen LogP contribution in [0.15, 0.2) is 78.9 Å². The van der Waals surface area contributed by atoms with E-state index in [1.807, 2.05) is 48.3 Å². The first-order valence-electron chi connectivity index (χ1n) is 11.9. The Bertz CT molecular complexity index is 1070. The standard InChI is InChI=1S/C28H31F3N2O3/c1-33(23-17-22(36-28(29,30)31)13-14-24(23)35-2)27-21(15-16-34)18-32-26(27)25(19-9-5-3-6-10-19)20-11-7-4-8-12-20/h3-14,17,21,25-27,32,34H,15-16,18H2,1-2H3. The first-order valence-corrected chi connectivity index (χ1v) is 11.9. The van der Waals surface area contributed by atoms with Gasteiger partial charge in [-0.3, -0.25) is 0 Å². The molecule has 1 saturated heterocycles. The van der Waals surface area contributed by atoms with Crippen LogP contribution in [0, 0.1) is 5.92 Å². The summed E-state index contributed by atoms with van der Waals surface area (Å²) in [7, 11) is 3.35. The molecule has 0 aliphatic carbocycles. The van der Waals surface area contributed by atoms with Crippen molar-refractivity contribution in [3.05, 3.63) is 90.0 Å². The molecule has 4 rings (SSSR count). The van der Waals surface area contributed by atoms with Gasteiger partial charge in [0.25, 0.3) is 0 Å². The third-order valence-corrected chi connectivity index (χ3v) is 6.85. The topological polar surface area (TPSA) is 54.0 Å². The van der Waals surface area contributed by atoms with E-state index in [4.69, 9.17) is 4.74 Å². The molecule has 1 aliphatic heterocycles. The van der Waals surface area contributed by atoms with Crippen molar-refractivity contribution >= 4 is 5.69 Å². The van der Waals surface area contributed by atoms with Gasteiger partial charge < -0.3 is 24.8 Å². The molecule has 8 heteroatoms. The number of methoxy groups -OCH3 is 1. The summed E-state index contributed by atoms with van der Waals surface area (Å²) in [6.07, 6.45) is -4.25. The molecule has 0 aromatic heterocycles. The number of nitrogens with one attached hydrogen (secondary N) is 1. The second-order valence-corrected chi connectivity index (χ2v) is 8.99. The Kier molecular flexibility index (Phi) is 8.06. The molecule has 0 amide bonds. The maximum Gasteiger partial charge on any atom is 0.573 e. The Morgan fingerprint density at radius 1 is 1.00 bits per heavy atom. The van der Waals surface area contributed by atoms with E-state index >= 15 is 0 Å². The number of halogens is 3. The third kappa shape index (κ3) is 5.77. The van der Waals surface area contributed by atoms with Gasteiger partial charge in [-0.2, -0.15) is 0 Å². The molecule has 0 saturated carbocycles. The zero-order valence-electron chi connectivity index (χ0n) is 20.3. The molecule has 3 aromatic rings. The molecule has 3 aromatic carbocycles. The first-order chi connectivity index (χ1) is 17.3. The quantitative estimate of drug-likeness (QED) is 0.423. The van der Waals surface area contributed by atoms with Crippen LogP contribution in [0.1, 0.15) is 23.5 Å². The summed E-state index contributed by atoms with van der Waals surface area (Å²) in [5.74, 6) is 0.159. The molecule has 0 radical (unpaired) electrons. The summed E-state index contributed by atoms with van der Waals surface area (Å²) in [5.41, 5.74) is 2.75. The van der Waals surface area contributed by atoms with Crippen molar-refractivity contribution in [2.24, 2.45) is 5.92 Å². The maximum atomic E-state index is 13.0. The lowest BCUT2D eigenvalue weighted by molar-refractivity contribution is -0.274. The van der Waals surface area contributed by atoms with E-state index in [-0.39, 0.29) is 36.3 Å². The third-order valence-electron chi connectivity index (χ3n) is 6.85. The molecule has 1 aliphatic rings. The fourth-order valence-electron chi connectivity index (χ4n) is 5.36. The first kappa shape index (κ1) is 25.9. The molecule has 2 N–H and O–H groups in total. The summed E-state index contributed by atoms with van der Waals surface area (Å²) in [6, 6.07) is 24.2. The summed E-state index contributed by atoms with van der Waals surface area (Å²) in [4.78, 5) is 1.96. The molecule has 192 valence electrons. The summed E-state index contributed by atoms with van der Waals surface area (Å²) < 4.78 is 48.6. The number of aliphatic hydroxyl groups excluding tert-OH is 1. The Balaban J connectivity index is 1.78. The highest BCUT2D eigenvalue weighted by Crippen LogP contribution is 2.41. The lowest BCUT2D eigenvalue weighted by Crippen LogP contribution is -2.48. The highest BCUT2D eigenvalue weighted by Gasteiger charge is 2.44. The van der Waals surface area contributed by atoms with Crippen LogP contribution in [0.2, 0.25) is 0 Å². The fraction of sp³-hybridized carbons (Fsp3) is 0.357. The highest BCUT2D eigenvalue weighted by molar-refractivity contribution is 5.62. The molecule has 36 heavy (non-hydrogen) atoms. The average Bonchev–Trinajstić information content (AvgIpc) is 3.27. The lowest BCUT2D eigenvalue weighted by atomic mass is 9.79. The zero-order valence-corrected chi connectivity index (χ0v) is 20.3. The van der Waals surface area contributed by atoms with Crippen LogP contribution in [0.5, 0.6) is 11.5 Å². The molecule has 3 atom stereocenters. The number of hydrogen-bond acceptors (Lipinski definition) is 5. The van der Waals surface area contributed by atoms with Crippen LogP contribution in [0.25, 0.3) is 0 Å². The van der Waals surface area contributed by atoms with Gasteiger partial charge in [-0.15, -0.1) is 13.2 Å². The van der Waals surface area contributed by atoms with Gasteiger partial charge in [0, 0.05) is 44.3 Å². The average molecular weight is 501 g/mol. The van der Waals surface area contributed by atoms with Crippen LogP contribution < -0.4 is 19.7 Å². The summed E-state index contributed by atoms with van der Waals surface area (Å²) in [5, 5.41) is 13.5. The van der Waals surface area contributed by atoms with Gasteiger partial charge in [0.15, 0.2) is 0 Å². The maximum absolute atomic E-state index is 13.0. The monoisotopic (exact) mass is 500 g/mol. The fourth-order valence-corrected chi connectivity index (χ4v) is 5.36. The second-order valence-electron chi connectivity index (χ2n) is 8.99. The van der Waals surface area contributed by atoms with E-state index in [9.17, 15) is 18.3 Å². The Morgan fingerprint density at radius 3 is 2.14 bits per heavy atom. The Labute approximate surface area is 209 Å². The van der Waals surface area contributed by atoms with Crippen molar-refractivity contribution in [1.29, 1.82) is 0 Å². The van der Waals surface area contributed by atoms with Crippen molar-refractivity contribution in [3.8, 4) is 11.5 Å². The molecule has 0 bridgehead atoms. The van der Waals surface area contributed by atoms with Crippen LogP contribution in [0.4, 0.5) is 18.9 Å². The molecular weight excluding hydrogens is 469 g/mol. The summed E-state index contributed by atoms with van der Waals surface area (Å²) in [6.45, 7) is 0.677. The van der Waals surface area contributed by atoms with Crippen molar-refractivity contribution in [3.63, 3.8) is 0 Å². The van der Waals surface area contributed by atoms with Crippen LogP contribution in [-0.2, 0) is 0 Å². The lowest BCUT2D eigenvalue weighted by Gasteiger charge is -2.39. The Hall–Kier alpha value is -3.23. The van der Waals surface area contributed by atoms with Crippen molar-refractivity contribution < 1.29 is 27.8 Å². The predicted molar refractivity (Wildman–Crippen MR) is 134 cm³/mol. The summed E-state index contributed by atoms with van der Waals surface area (Å²) >= 11 is 0. The SMILES string of the molecule is COc1ccc(OC(F)(F)F)cc1N(C)C1C(CCO)CNC1C(c1ccccc1)c1ccccc1. The molecule has 0 spiro atoms. The van der Waals surface area contributed by atoms with E-state index < -0.39 is 6.36 Å². The largest absolute Gasteiger partial charge is 0.573 e. The van der Waals surface area contributed by atoms with Crippen LogP contribution in [0.3, 0.4) is 0 Å². The van der Waals surface area contributed by atoms with E-state index in [0.717, 1.165) is 11.1 Å². The number of hydrogen-bond donors (Lipinski definition) is 2. The number of nitrogens with zero attached hydrogens (tertiary/aromatic N) is 1. The molecule has 1 fully saturated rings. The smallest absolute Gasteiger partial charge is 0.495 e. The van der Waals surface area contributed by atoms with Gasteiger partial charge in [-0.1, -0.05) is 60.7 Å². The minimum atomic E-state index is -4.80. The van der Waals surface area contributed by atoms with Gasteiger partial charge >= 0.3 is 6.36 Å². The number of rotatable bonds is 9. The van der Waals surface area contributed by atoms with E-state index in [2.05, 4.69) is 34.3 Å². The van der Waals surface area contributed by atoms with Gasteiger partial charge in [0.1, 0.15) is 11.5 Å². The van der Waals surface area contributed by atoms with Crippen LogP contribution >= 0.6 is 0 Å². The van der Waals surface area contributed by atoms with Crippen molar-refractivity contribution in [2.75, 3.05) is 32.2 Å². The van der Waals surface area contributed by atoms with E-state index in [1.165, 1.54) is 25.3 Å². The number of anilines is 1. The molecule has 3 unspecified atom stereocenters. The molecular formula is C28H31F3N2O3. The number of benzene rings is 3. The van der Waals surface area contributed by atoms with E-state index in [1.54, 1.807) is 0 Å². The Morgan fingerprint density at radius 2 is 1.61 bits per heavy atom. The molecule has 1 heterocycles. The van der Waals surface area contributed by atoms with Gasteiger partial charge in [0.05, 0.1) is 12.8 Å². The minimum Gasteiger partial charge on any atom is -0.495 e. The number of aliphatic hydroxyl groups is 1. The normalized spacial score (nSPS) is 19.9. The van der Waals surface area contributed by atoms with Gasteiger partial charge in [-0.25, -0.2) is 0 Å². The molecule has 5 nitrogen and oxygen atoms in total. The number of likely N-dealkylation sites (N-methyl/N-ethyl adjacent to an activating group) is 1. The highest BCUT2D eigenvalue weighted by atomic mass is 19.4. The van der Waals surface area contributed by atoms with Crippen LogP contribution in [-0.4, -0.2) is 50.9 Å². The number of ether oxygens (including phenoxy) is 2. The van der Waals surface area contributed by atoms with Gasteiger partial charge in [0.2, 0.25) is 0 Å². The predicted octanol–water partition coefficient (Wildman–Crippen LogP) is 5.20. The van der Waals surface area contributed by atoms with Gasteiger partial charge in [-0.05, 0) is 35.6 Å². The minimum absolute atomic E-state index is 0.0130. The zero-order chi connectivity index (χ0) is 25.7. The van der Waals surface area contributed by atoms with Crippen molar-refractivity contribution in [2.45, 2.75) is 30.8 Å². The number of alkyl halides is 3. The second kappa shape index (κ2) is 11.2.